The van der Waals surface area contributed by atoms with Gasteiger partial charge in [-0.3, -0.25) is 4.79 Å². The third-order valence-corrected chi connectivity index (χ3v) is 2.83. The van der Waals surface area contributed by atoms with Gasteiger partial charge in [-0.1, -0.05) is 19.3 Å². The highest BCUT2D eigenvalue weighted by atomic mass is 16.5. The second kappa shape index (κ2) is 6.14. The molecule has 0 N–H and O–H groups in total. The minimum Gasteiger partial charge on any atom is -0.385 e. The Bertz CT molecular complexity index is 148. The van der Waals surface area contributed by atoms with Gasteiger partial charge < -0.3 is 4.74 Å². The summed E-state index contributed by atoms with van der Waals surface area (Å²) in [4.78, 5) is 11.6. The lowest BCUT2D eigenvalue weighted by Crippen LogP contribution is -2.17. The zero-order valence-electron chi connectivity index (χ0n) is 8.55. The van der Waals surface area contributed by atoms with Crippen LogP contribution in [-0.2, 0) is 9.53 Å². The predicted octanol–water partition coefficient (Wildman–Crippen LogP) is 2.56. The molecular weight excluding hydrogens is 164 g/mol. The zero-order valence-corrected chi connectivity index (χ0v) is 8.55. The minimum absolute atomic E-state index is 0.380. The molecule has 0 heterocycles. The normalized spacial score (nSPS) is 18.8. The van der Waals surface area contributed by atoms with Crippen LogP contribution in [0.25, 0.3) is 0 Å². The van der Waals surface area contributed by atoms with Crippen molar-refractivity contribution in [1.82, 2.24) is 0 Å². The van der Waals surface area contributed by atoms with Crippen LogP contribution < -0.4 is 0 Å². The molecule has 2 heteroatoms. The number of hydrogen-bond donors (Lipinski definition) is 0. The molecule has 0 bridgehead atoms. The van der Waals surface area contributed by atoms with Crippen molar-refractivity contribution in [3.63, 3.8) is 0 Å². The molecule has 0 unspecified atom stereocenters. The van der Waals surface area contributed by atoms with E-state index in [2.05, 4.69) is 0 Å². The van der Waals surface area contributed by atoms with Crippen molar-refractivity contribution in [2.45, 2.75) is 44.9 Å². The van der Waals surface area contributed by atoms with Gasteiger partial charge in [0.15, 0.2) is 0 Å². The van der Waals surface area contributed by atoms with E-state index in [4.69, 9.17) is 4.74 Å². The first-order valence-electron chi connectivity index (χ1n) is 5.36. The monoisotopic (exact) mass is 184 g/mol. The van der Waals surface area contributed by atoms with E-state index in [-0.39, 0.29) is 0 Å². The van der Waals surface area contributed by atoms with Gasteiger partial charge in [-0.2, -0.15) is 0 Å². The number of hydrogen-bond acceptors (Lipinski definition) is 2. The van der Waals surface area contributed by atoms with Crippen LogP contribution in [-0.4, -0.2) is 19.5 Å². The molecule has 0 aromatic carbocycles. The Morgan fingerprint density at radius 3 is 2.62 bits per heavy atom. The molecule has 0 radical (unpaired) electrons. The Balaban J connectivity index is 2.13. The minimum atomic E-state index is 0.380. The van der Waals surface area contributed by atoms with Crippen molar-refractivity contribution in [3.8, 4) is 0 Å². The smallest absolute Gasteiger partial charge is 0.136 e. The number of Topliss-reactive ketones (excluding diaryl/α,β-unsaturated/α-hetero) is 1. The van der Waals surface area contributed by atoms with E-state index in [9.17, 15) is 4.79 Å². The zero-order chi connectivity index (χ0) is 9.52. The van der Waals surface area contributed by atoms with E-state index in [0.29, 0.717) is 11.7 Å². The molecular formula is C11H20O2. The van der Waals surface area contributed by atoms with Crippen LogP contribution in [0.3, 0.4) is 0 Å². The second-order valence-corrected chi connectivity index (χ2v) is 3.90. The maximum Gasteiger partial charge on any atom is 0.136 e. The molecule has 13 heavy (non-hydrogen) atoms. The van der Waals surface area contributed by atoms with E-state index >= 15 is 0 Å². The van der Waals surface area contributed by atoms with Crippen molar-refractivity contribution in [2.75, 3.05) is 13.7 Å². The van der Waals surface area contributed by atoms with Crippen LogP contribution in [0.1, 0.15) is 44.9 Å². The first-order valence-corrected chi connectivity index (χ1v) is 5.36. The third kappa shape index (κ3) is 3.90. The summed E-state index contributed by atoms with van der Waals surface area (Å²) in [7, 11) is 1.69. The van der Waals surface area contributed by atoms with Gasteiger partial charge in [-0.15, -0.1) is 0 Å². The molecule has 1 aliphatic rings. The molecule has 1 saturated carbocycles. The van der Waals surface area contributed by atoms with Crippen molar-refractivity contribution in [3.05, 3.63) is 0 Å². The van der Waals surface area contributed by atoms with Crippen LogP contribution in [0.15, 0.2) is 0 Å². The first kappa shape index (κ1) is 10.7. The van der Waals surface area contributed by atoms with Crippen LogP contribution >= 0.6 is 0 Å². The number of methoxy groups -OCH3 is 1. The molecule has 1 fully saturated rings. The quantitative estimate of drug-likeness (QED) is 0.614. The van der Waals surface area contributed by atoms with E-state index in [1.165, 1.54) is 19.3 Å². The number of carbonyl (C=O) groups excluding carboxylic acids is 1. The van der Waals surface area contributed by atoms with Crippen LogP contribution in [0.4, 0.5) is 0 Å². The first-order chi connectivity index (χ1) is 6.34. The molecule has 1 rings (SSSR count). The molecule has 2 nitrogen and oxygen atoms in total. The van der Waals surface area contributed by atoms with Crippen LogP contribution in [0.5, 0.6) is 0 Å². The maximum absolute atomic E-state index is 11.6. The van der Waals surface area contributed by atoms with Crippen LogP contribution in [0.2, 0.25) is 0 Å². The Morgan fingerprint density at radius 2 is 2.00 bits per heavy atom. The molecule has 0 amide bonds. The molecule has 0 saturated heterocycles. The van der Waals surface area contributed by atoms with Gasteiger partial charge in [0.25, 0.3) is 0 Å². The Labute approximate surface area is 80.7 Å². The van der Waals surface area contributed by atoms with E-state index in [1.54, 1.807) is 7.11 Å². The summed E-state index contributed by atoms with van der Waals surface area (Å²) in [5.41, 5.74) is 0. The summed E-state index contributed by atoms with van der Waals surface area (Å²) in [6, 6.07) is 0. The van der Waals surface area contributed by atoms with Crippen LogP contribution in [0, 0.1) is 5.92 Å². The van der Waals surface area contributed by atoms with Crippen molar-refractivity contribution in [1.29, 1.82) is 0 Å². The average molecular weight is 184 g/mol. The molecule has 1 aliphatic carbocycles. The fourth-order valence-electron chi connectivity index (χ4n) is 2.02. The standard InChI is InChI=1S/C11H20O2/c1-13-9-5-8-11(12)10-6-3-2-4-7-10/h10H,2-9H2,1H3. The fourth-order valence-corrected chi connectivity index (χ4v) is 2.02. The van der Waals surface area contributed by atoms with E-state index in [1.807, 2.05) is 0 Å². The Hall–Kier alpha value is -0.370. The van der Waals surface area contributed by atoms with Gasteiger partial charge >= 0.3 is 0 Å². The topological polar surface area (TPSA) is 26.3 Å². The lowest BCUT2D eigenvalue weighted by molar-refractivity contribution is -0.124. The molecule has 0 aliphatic heterocycles. The highest BCUT2D eigenvalue weighted by Crippen LogP contribution is 2.25. The highest BCUT2D eigenvalue weighted by Gasteiger charge is 2.19. The fraction of sp³-hybridized carbons (Fsp3) is 0.909. The summed E-state index contributed by atoms with van der Waals surface area (Å²) >= 11 is 0. The molecule has 0 aromatic heterocycles. The third-order valence-electron chi connectivity index (χ3n) is 2.83. The van der Waals surface area contributed by atoms with Gasteiger partial charge in [0.05, 0.1) is 0 Å². The molecule has 0 atom stereocenters. The average Bonchev–Trinajstić information content (AvgIpc) is 2.19. The SMILES string of the molecule is COCCCC(=O)C1CCCCC1. The number of ether oxygens (including phenoxy) is 1. The Morgan fingerprint density at radius 1 is 1.31 bits per heavy atom. The van der Waals surface area contributed by atoms with E-state index < -0.39 is 0 Å². The van der Waals surface area contributed by atoms with E-state index in [0.717, 1.165) is 32.3 Å². The predicted molar refractivity (Wildman–Crippen MR) is 52.7 cm³/mol. The van der Waals surface area contributed by atoms with Crippen molar-refractivity contribution >= 4 is 5.78 Å². The van der Waals surface area contributed by atoms with Gasteiger partial charge in [0.2, 0.25) is 0 Å². The number of carbonyl (C=O) groups is 1. The maximum atomic E-state index is 11.6. The van der Waals surface area contributed by atoms with Gasteiger partial charge in [-0.05, 0) is 19.3 Å². The molecule has 0 spiro atoms. The summed E-state index contributed by atoms with van der Waals surface area (Å²) < 4.78 is 4.93. The van der Waals surface area contributed by atoms with Crippen molar-refractivity contribution < 1.29 is 9.53 Å². The van der Waals surface area contributed by atoms with Gasteiger partial charge in [0, 0.05) is 26.1 Å². The number of ketones is 1. The summed E-state index contributed by atoms with van der Waals surface area (Å²) in [5, 5.41) is 0. The largest absolute Gasteiger partial charge is 0.385 e. The lowest BCUT2D eigenvalue weighted by atomic mass is 9.85. The van der Waals surface area contributed by atoms with Crippen molar-refractivity contribution in [2.24, 2.45) is 5.92 Å². The Kier molecular flexibility index (Phi) is 5.06. The lowest BCUT2D eigenvalue weighted by Gasteiger charge is -2.19. The summed E-state index contributed by atoms with van der Waals surface area (Å²) in [6.45, 7) is 0.721. The molecule has 0 aromatic rings. The van der Waals surface area contributed by atoms with Gasteiger partial charge in [-0.25, -0.2) is 0 Å². The molecule has 76 valence electrons. The number of rotatable bonds is 5. The van der Waals surface area contributed by atoms with Gasteiger partial charge in [0.1, 0.15) is 5.78 Å². The second-order valence-electron chi connectivity index (χ2n) is 3.90. The summed E-state index contributed by atoms with van der Waals surface area (Å²) in [5.74, 6) is 0.849. The summed E-state index contributed by atoms with van der Waals surface area (Å²) in [6.07, 6.45) is 7.70. The highest BCUT2D eigenvalue weighted by molar-refractivity contribution is 5.80.